The molecule has 3 saturated carbocycles. The van der Waals surface area contributed by atoms with Gasteiger partial charge in [-0.15, -0.1) is 0 Å². The molecule has 0 radical (unpaired) electrons. The number of carbonyl (C=O) groups is 1. The number of esters is 1. The van der Waals surface area contributed by atoms with Gasteiger partial charge in [-0.05, 0) is 88.2 Å². The summed E-state index contributed by atoms with van der Waals surface area (Å²) in [4.78, 5) is 12.9. The van der Waals surface area contributed by atoms with Crippen molar-refractivity contribution in [2.24, 2.45) is 17.8 Å². The molecule has 30 heavy (non-hydrogen) atoms. The van der Waals surface area contributed by atoms with Gasteiger partial charge in [0.25, 0.3) is 0 Å². The topological polar surface area (TPSA) is 26.3 Å². The number of hydrogen-bond donors (Lipinski definition) is 0. The number of benzene rings is 1. The molecule has 0 heterocycles. The molecule has 3 unspecified atom stereocenters. The van der Waals surface area contributed by atoms with E-state index in [0.717, 1.165) is 12.3 Å². The van der Waals surface area contributed by atoms with Gasteiger partial charge in [0.05, 0.1) is 5.92 Å². The molecule has 3 atom stereocenters. The van der Waals surface area contributed by atoms with Crippen molar-refractivity contribution in [2.75, 3.05) is 0 Å². The van der Waals surface area contributed by atoms with Crippen LogP contribution in [0.5, 0.6) is 0 Å². The Balaban J connectivity index is 1.43. The predicted octanol–water partition coefficient (Wildman–Crippen LogP) is 7.55. The van der Waals surface area contributed by atoms with Crippen molar-refractivity contribution >= 4 is 5.97 Å². The van der Waals surface area contributed by atoms with E-state index in [1.54, 1.807) is 0 Å². The van der Waals surface area contributed by atoms with Gasteiger partial charge in [-0.1, -0.05) is 63.3 Å². The van der Waals surface area contributed by atoms with Gasteiger partial charge in [-0.3, -0.25) is 4.79 Å². The third-order valence-corrected chi connectivity index (χ3v) is 8.23. The number of rotatable bonds is 7. The fraction of sp³-hybridized carbons (Fsp3) is 0.750. The Morgan fingerprint density at radius 1 is 1.10 bits per heavy atom. The first-order valence-electron chi connectivity index (χ1n) is 12.7. The van der Waals surface area contributed by atoms with Crippen LogP contribution in [0, 0.1) is 17.8 Å². The number of ether oxygens (including phenoxy) is 1. The normalized spacial score (nSPS) is 33.2. The molecule has 2 nitrogen and oxygen atoms in total. The van der Waals surface area contributed by atoms with Crippen molar-refractivity contribution in [3.05, 3.63) is 35.4 Å². The van der Waals surface area contributed by atoms with Crippen molar-refractivity contribution in [3.8, 4) is 0 Å². The Bertz CT molecular complexity index is 737. The molecule has 166 valence electrons. The zero-order valence-corrected chi connectivity index (χ0v) is 19.7. The zero-order valence-electron chi connectivity index (χ0n) is 19.7. The largest absolute Gasteiger partial charge is 0.460 e. The second kappa shape index (κ2) is 8.67. The van der Waals surface area contributed by atoms with Gasteiger partial charge < -0.3 is 4.74 Å². The van der Waals surface area contributed by atoms with Crippen LogP contribution >= 0.6 is 0 Å². The molecule has 3 fully saturated rings. The van der Waals surface area contributed by atoms with Crippen molar-refractivity contribution < 1.29 is 9.53 Å². The SMILES string of the molecule is CCCCCC1CCC(c2cccc(C34CCCC3C4C(=O)OC(C)(C)C)c2)CC1. The molecule has 3 aliphatic carbocycles. The first-order valence-corrected chi connectivity index (χ1v) is 12.7. The highest BCUT2D eigenvalue weighted by molar-refractivity contribution is 5.81. The summed E-state index contributed by atoms with van der Waals surface area (Å²) < 4.78 is 5.80. The minimum absolute atomic E-state index is 0.0326. The first kappa shape index (κ1) is 21.9. The average molecular weight is 411 g/mol. The summed E-state index contributed by atoms with van der Waals surface area (Å²) in [6.07, 6.45) is 14.6. The third kappa shape index (κ3) is 4.34. The van der Waals surface area contributed by atoms with Crippen molar-refractivity contribution in [1.29, 1.82) is 0 Å². The van der Waals surface area contributed by atoms with Gasteiger partial charge >= 0.3 is 5.97 Å². The lowest BCUT2D eigenvalue weighted by atomic mass is 9.76. The van der Waals surface area contributed by atoms with E-state index in [1.807, 2.05) is 20.8 Å². The van der Waals surface area contributed by atoms with Crippen LogP contribution < -0.4 is 0 Å². The Morgan fingerprint density at radius 2 is 1.87 bits per heavy atom. The molecule has 0 spiro atoms. The van der Waals surface area contributed by atoms with Crippen LogP contribution in [0.1, 0.15) is 115 Å². The summed E-state index contributed by atoms with van der Waals surface area (Å²) in [5.41, 5.74) is 2.61. The smallest absolute Gasteiger partial charge is 0.310 e. The summed E-state index contributed by atoms with van der Waals surface area (Å²) in [6, 6.07) is 9.37. The summed E-state index contributed by atoms with van der Waals surface area (Å²) in [6.45, 7) is 8.24. The van der Waals surface area contributed by atoms with Crippen LogP contribution in [0.15, 0.2) is 24.3 Å². The quantitative estimate of drug-likeness (QED) is 0.342. The molecule has 2 heteroatoms. The lowest BCUT2D eigenvalue weighted by Gasteiger charge is -2.29. The van der Waals surface area contributed by atoms with Crippen molar-refractivity contribution in [2.45, 2.75) is 115 Å². The molecule has 1 aromatic carbocycles. The maximum atomic E-state index is 12.9. The van der Waals surface area contributed by atoms with E-state index in [4.69, 9.17) is 4.74 Å². The van der Waals surface area contributed by atoms with E-state index in [1.165, 1.54) is 75.3 Å². The molecule has 0 amide bonds. The molecule has 1 aromatic rings. The molecular weight excluding hydrogens is 368 g/mol. The second-order valence-electron chi connectivity index (χ2n) is 11.4. The Kier molecular flexibility index (Phi) is 6.33. The molecular formula is C28H42O2. The lowest BCUT2D eigenvalue weighted by Crippen LogP contribution is -2.27. The molecule has 0 aromatic heterocycles. The molecule has 0 bridgehead atoms. The van der Waals surface area contributed by atoms with Crippen LogP contribution in [0.25, 0.3) is 0 Å². The van der Waals surface area contributed by atoms with Gasteiger partial charge in [-0.2, -0.15) is 0 Å². The monoisotopic (exact) mass is 410 g/mol. The van der Waals surface area contributed by atoms with Gasteiger partial charge in [0, 0.05) is 5.41 Å². The minimum Gasteiger partial charge on any atom is -0.460 e. The highest BCUT2D eigenvalue weighted by Gasteiger charge is 2.71. The number of hydrogen-bond acceptors (Lipinski definition) is 2. The van der Waals surface area contributed by atoms with Gasteiger partial charge in [0.1, 0.15) is 5.60 Å². The maximum Gasteiger partial charge on any atom is 0.310 e. The van der Waals surface area contributed by atoms with Gasteiger partial charge in [-0.25, -0.2) is 0 Å². The van der Waals surface area contributed by atoms with E-state index in [-0.39, 0.29) is 17.3 Å². The average Bonchev–Trinajstić information content (AvgIpc) is 3.17. The van der Waals surface area contributed by atoms with Crippen LogP contribution in [0.3, 0.4) is 0 Å². The summed E-state index contributed by atoms with van der Waals surface area (Å²) >= 11 is 0. The van der Waals surface area contributed by atoms with Crippen LogP contribution in [-0.4, -0.2) is 11.6 Å². The first-order chi connectivity index (χ1) is 14.3. The van der Waals surface area contributed by atoms with Crippen LogP contribution in [-0.2, 0) is 14.9 Å². The van der Waals surface area contributed by atoms with Crippen LogP contribution in [0.2, 0.25) is 0 Å². The van der Waals surface area contributed by atoms with Crippen molar-refractivity contribution in [3.63, 3.8) is 0 Å². The standard InChI is InChI=1S/C28H42O2/c1-5-6-7-10-20-14-16-21(17-15-20)22-11-8-12-23(19-22)28-18-9-13-24(28)25(28)26(29)30-27(2,3)4/h8,11-12,19-21,24-25H,5-7,9-10,13-18H2,1-4H3. The Hall–Kier alpha value is -1.31. The zero-order chi connectivity index (χ0) is 21.4. The second-order valence-corrected chi connectivity index (χ2v) is 11.4. The minimum atomic E-state index is -0.396. The Morgan fingerprint density at radius 3 is 2.57 bits per heavy atom. The summed E-state index contributed by atoms with van der Waals surface area (Å²) in [5, 5.41) is 0. The number of carbonyl (C=O) groups excluding carboxylic acids is 1. The van der Waals surface area contributed by atoms with E-state index < -0.39 is 5.60 Å². The van der Waals surface area contributed by atoms with E-state index >= 15 is 0 Å². The molecule has 4 rings (SSSR count). The summed E-state index contributed by atoms with van der Waals surface area (Å²) in [7, 11) is 0. The van der Waals surface area contributed by atoms with Gasteiger partial charge in [0.15, 0.2) is 0 Å². The molecule has 3 aliphatic rings. The number of fused-ring (bicyclic) bond motifs is 1. The highest BCUT2D eigenvalue weighted by Crippen LogP contribution is 2.69. The fourth-order valence-electron chi connectivity index (χ4n) is 6.73. The highest BCUT2D eigenvalue weighted by atomic mass is 16.6. The molecule has 0 N–H and O–H groups in total. The van der Waals surface area contributed by atoms with Crippen molar-refractivity contribution in [1.82, 2.24) is 0 Å². The fourth-order valence-corrected chi connectivity index (χ4v) is 6.73. The lowest BCUT2D eigenvalue weighted by molar-refractivity contribution is -0.157. The summed E-state index contributed by atoms with van der Waals surface area (Å²) in [5.74, 6) is 2.27. The van der Waals surface area contributed by atoms with E-state index in [2.05, 4.69) is 31.2 Å². The van der Waals surface area contributed by atoms with E-state index in [0.29, 0.717) is 11.8 Å². The maximum absolute atomic E-state index is 12.9. The van der Waals surface area contributed by atoms with Crippen LogP contribution in [0.4, 0.5) is 0 Å². The van der Waals surface area contributed by atoms with E-state index in [9.17, 15) is 4.79 Å². The molecule has 0 aliphatic heterocycles. The van der Waals surface area contributed by atoms with Gasteiger partial charge in [0.2, 0.25) is 0 Å². The molecule has 0 saturated heterocycles. The number of unbranched alkanes of at least 4 members (excludes halogenated alkanes) is 2. The predicted molar refractivity (Wildman–Crippen MR) is 124 cm³/mol. The third-order valence-electron chi connectivity index (χ3n) is 8.23. The Labute approximate surface area is 184 Å².